The molecule has 2 aliphatic rings. The van der Waals surface area contributed by atoms with Gasteiger partial charge in [0.1, 0.15) is 11.9 Å². The maximum atomic E-state index is 14.2. The third kappa shape index (κ3) is 5.49. The Kier molecular flexibility index (Phi) is 6.80. The smallest absolute Gasteiger partial charge is 0.429 e. The van der Waals surface area contributed by atoms with E-state index >= 15 is 0 Å². The highest BCUT2D eigenvalue weighted by Crippen LogP contribution is 2.41. The van der Waals surface area contributed by atoms with E-state index in [1.807, 2.05) is 4.90 Å². The van der Waals surface area contributed by atoms with Crippen molar-refractivity contribution in [2.75, 3.05) is 30.3 Å². The van der Waals surface area contributed by atoms with Crippen LogP contribution in [0.4, 0.5) is 24.9 Å². The molecule has 1 unspecified atom stereocenters. The highest BCUT2D eigenvalue weighted by molar-refractivity contribution is 5.80. The van der Waals surface area contributed by atoms with E-state index in [4.69, 9.17) is 14.9 Å². The molecule has 11 nitrogen and oxygen atoms in total. The van der Waals surface area contributed by atoms with E-state index in [9.17, 15) is 27.9 Å². The zero-order valence-corrected chi connectivity index (χ0v) is 22.1. The summed E-state index contributed by atoms with van der Waals surface area (Å²) in [7, 11) is 0. The number of fused-ring (bicyclic) bond motifs is 1. The van der Waals surface area contributed by atoms with Crippen molar-refractivity contribution in [2.24, 2.45) is 5.41 Å². The van der Waals surface area contributed by atoms with Crippen LogP contribution in [0.15, 0.2) is 57.7 Å². The molecule has 6 rings (SSSR count). The van der Waals surface area contributed by atoms with Crippen LogP contribution >= 0.6 is 0 Å². The summed E-state index contributed by atoms with van der Waals surface area (Å²) >= 11 is 0. The molecule has 14 heteroatoms. The van der Waals surface area contributed by atoms with E-state index < -0.39 is 30.0 Å². The topological polar surface area (TPSA) is 160 Å². The van der Waals surface area contributed by atoms with Gasteiger partial charge in [-0.3, -0.25) is 9.78 Å². The molecule has 0 aliphatic carbocycles. The molecule has 0 radical (unpaired) electrons. The number of ether oxygens (including phenoxy) is 1. The lowest BCUT2D eigenvalue weighted by Gasteiger charge is -2.39. The normalized spacial score (nSPS) is 19.3. The predicted octanol–water partition coefficient (Wildman–Crippen LogP) is 3.88. The van der Waals surface area contributed by atoms with Crippen LogP contribution in [0.1, 0.15) is 30.9 Å². The van der Waals surface area contributed by atoms with Crippen molar-refractivity contribution in [1.82, 2.24) is 20.3 Å². The van der Waals surface area contributed by atoms with Crippen molar-refractivity contribution >= 4 is 28.8 Å². The maximum Gasteiger partial charge on any atom is 0.429 e. The van der Waals surface area contributed by atoms with Crippen LogP contribution in [-0.4, -0.2) is 57.9 Å². The van der Waals surface area contributed by atoms with Crippen molar-refractivity contribution in [3.63, 3.8) is 0 Å². The number of hydrogen-bond donors (Lipinski definition) is 4. The van der Waals surface area contributed by atoms with Gasteiger partial charge in [0, 0.05) is 31.3 Å². The van der Waals surface area contributed by atoms with Crippen LogP contribution in [0, 0.1) is 5.41 Å². The van der Waals surface area contributed by atoms with Crippen LogP contribution < -0.4 is 26.4 Å². The number of nitrogens with two attached hydrogens (primary N) is 1. The summed E-state index contributed by atoms with van der Waals surface area (Å²) < 4.78 is 53.1. The van der Waals surface area contributed by atoms with E-state index in [-0.39, 0.29) is 22.8 Å². The van der Waals surface area contributed by atoms with Gasteiger partial charge in [0.15, 0.2) is 5.58 Å². The molecule has 220 valence electrons. The number of nitrogen functional groups attached to an aromatic ring is 1. The number of halogens is 3. The van der Waals surface area contributed by atoms with Crippen molar-refractivity contribution in [3.8, 4) is 17.0 Å². The summed E-state index contributed by atoms with van der Waals surface area (Å²) in [6, 6.07) is 11.5. The zero-order chi connectivity index (χ0) is 29.6. The first-order chi connectivity index (χ1) is 20.0. The Hall–Kier alpha value is -4.59. The number of anilines is 2. The Bertz CT molecular complexity index is 1680. The van der Waals surface area contributed by atoms with E-state index in [0.29, 0.717) is 66.9 Å². The second kappa shape index (κ2) is 10.4. The lowest BCUT2D eigenvalue weighted by molar-refractivity contribution is -0.198. The van der Waals surface area contributed by atoms with Gasteiger partial charge in [-0.15, -0.1) is 0 Å². The molecule has 2 saturated heterocycles. The number of carboxylic acids is 1. The molecule has 2 aromatic carbocycles. The fraction of sp³-hybridized carbons (Fsp3) is 0.357. The van der Waals surface area contributed by atoms with Crippen LogP contribution in [0.25, 0.3) is 22.2 Å². The van der Waals surface area contributed by atoms with Gasteiger partial charge in [0.2, 0.25) is 17.9 Å². The first kappa shape index (κ1) is 27.6. The lowest BCUT2D eigenvalue weighted by Crippen LogP contribution is -2.41. The summed E-state index contributed by atoms with van der Waals surface area (Å²) in [6.07, 6.45) is -5.15. The van der Waals surface area contributed by atoms with E-state index in [1.165, 1.54) is 30.3 Å². The first-order valence-electron chi connectivity index (χ1n) is 13.3. The van der Waals surface area contributed by atoms with Gasteiger partial charge in [-0.2, -0.15) is 23.1 Å². The molecule has 42 heavy (non-hydrogen) atoms. The molecular formula is C28H27F3N6O5. The summed E-state index contributed by atoms with van der Waals surface area (Å²) in [5.74, 6) is -1.66. The summed E-state index contributed by atoms with van der Waals surface area (Å²) in [6.45, 7) is 1.67. The number of nitrogens with zero attached hydrogens (tertiary/aromatic N) is 3. The zero-order valence-electron chi connectivity index (χ0n) is 22.1. The van der Waals surface area contributed by atoms with Gasteiger partial charge in [-0.25, -0.2) is 4.79 Å². The monoisotopic (exact) mass is 584 g/mol. The molecule has 0 amide bonds. The van der Waals surface area contributed by atoms with Gasteiger partial charge < -0.3 is 30.2 Å². The van der Waals surface area contributed by atoms with Crippen LogP contribution in [0.3, 0.4) is 0 Å². The number of rotatable bonds is 6. The Morgan fingerprint density at radius 3 is 2.50 bits per heavy atom. The highest BCUT2D eigenvalue weighted by Gasteiger charge is 2.45. The fourth-order valence-corrected chi connectivity index (χ4v) is 5.76. The van der Waals surface area contributed by atoms with Crippen molar-refractivity contribution in [3.05, 3.63) is 64.6 Å². The lowest BCUT2D eigenvalue weighted by atomic mass is 9.76. The molecule has 2 aromatic heterocycles. The highest BCUT2D eigenvalue weighted by atomic mass is 19.4. The number of aromatic nitrogens is 3. The van der Waals surface area contributed by atoms with Crippen LogP contribution in [-0.2, 0) is 4.79 Å². The molecule has 0 bridgehead atoms. The van der Waals surface area contributed by atoms with Crippen molar-refractivity contribution in [2.45, 2.75) is 37.6 Å². The number of piperidine rings is 1. The van der Waals surface area contributed by atoms with Crippen LogP contribution in [0.2, 0.25) is 0 Å². The van der Waals surface area contributed by atoms with E-state index in [1.54, 1.807) is 18.2 Å². The summed E-state index contributed by atoms with van der Waals surface area (Å²) in [5, 5.41) is 12.4. The number of carbonyl (C=O) groups is 1. The summed E-state index contributed by atoms with van der Waals surface area (Å²) in [5.41, 5.74) is 7.71. The molecule has 4 aromatic rings. The maximum absolute atomic E-state index is 14.2. The number of oxazole rings is 1. The molecule has 4 heterocycles. The Balaban J connectivity index is 1.19. The second-order valence-corrected chi connectivity index (χ2v) is 10.8. The first-order valence-corrected chi connectivity index (χ1v) is 13.3. The number of hydrogen-bond acceptors (Lipinski definition) is 9. The van der Waals surface area contributed by atoms with Gasteiger partial charge in [0.25, 0.3) is 0 Å². The molecule has 0 saturated carbocycles. The average molecular weight is 585 g/mol. The third-order valence-corrected chi connectivity index (χ3v) is 8.02. The van der Waals surface area contributed by atoms with Crippen molar-refractivity contribution < 1.29 is 32.2 Å². The minimum absolute atomic E-state index is 0.138. The molecule has 2 aliphatic heterocycles. The third-order valence-electron chi connectivity index (χ3n) is 8.02. The average Bonchev–Trinajstić information content (AvgIpc) is 3.54. The predicted molar refractivity (Wildman–Crippen MR) is 146 cm³/mol. The molecule has 1 spiro atoms. The minimum Gasteiger partial charge on any atom is -0.480 e. The SMILES string of the molecule is Nc1nc(O[C@H](c2ccc(-c3ccc4[nH]c(=O)oc4c3)cc2)C(F)(F)F)cc(N2CCC3(CC2)CNC(C(=O)O)C3)n1. The van der Waals surface area contributed by atoms with Gasteiger partial charge in [0.05, 0.1) is 5.52 Å². The molecular weight excluding hydrogens is 557 g/mol. The molecule has 5 N–H and O–H groups in total. The Labute approximate surface area is 236 Å². The number of aliphatic carboxylic acids is 1. The van der Waals surface area contributed by atoms with Crippen molar-refractivity contribution in [1.29, 1.82) is 0 Å². The largest absolute Gasteiger partial charge is 0.480 e. The number of aromatic amines is 1. The van der Waals surface area contributed by atoms with Gasteiger partial charge in [-0.1, -0.05) is 30.3 Å². The summed E-state index contributed by atoms with van der Waals surface area (Å²) in [4.78, 5) is 35.4. The minimum atomic E-state index is -4.76. The number of nitrogens with one attached hydrogen (secondary N) is 2. The van der Waals surface area contributed by atoms with Gasteiger partial charge >= 0.3 is 17.9 Å². The number of alkyl halides is 3. The Morgan fingerprint density at radius 2 is 1.83 bits per heavy atom. The van der Waals surface area contributed by atoms with E-state index in [0.717, 1.165) is 0 Å². The quantitative estimate of drug-likeness (QED) is 0.262. The van der Waals surface area contributed by atoms with Gasteiger partial charge in [-0.05, 0) is 47.9 Å². The van der Waals surface area contributed by atoms with Crippen LogP contribution in [0.5, 0.6) is 5.88 Å². The standard InChI is InChI=1S/C28H27F3N6O5/c29-28(30,31)23(16-3-1-15(2-4-16)17-5-6-18-20(11-17)41-26(40)34-18)42-22-12-21(35-25(32)36-22)37-9-7-27(8-10-37)13-19(24(38)39)33-14-27/h1-6,11-12,19,23,33H,7-10,13-14H2,(H,34,40)(H,38,39)(H2,32,35,36)/t19?,23-/m1/s1. The number of H-pyrrole nitrogens is 1. The molecule has 2 atom stereocenters. The Morgan fingerprint density at radius 1 is 1.12 bits per heavy atom. The second-order valence-electron chi connectivity index (χ2n) is 10.8. The number of carboxylic acid groups (broad SMARTS) is 1. The fourth-order valence-electron chi connectivity index (χ4n) is 5.76. The molecule has 2 fully saturated rings. The number of benzene rings is 2. The van der Waals surface area contributed by atoms with E-state index in [2.05, 4.69) is 20.3 Å².